The van der Waals surface area contributed by atoms with Gasteiger partial charge in [-0.3, -0.25) is 14.9 Å². The molecule has 1 amide bonds. The van der Waals surface area contributed by atoms with Crippen LogP contribution in [0.25, 0.3) is 0 Å². The molecule has 3 aromatic carbocycles. The number of nitro benzene ring substituents is 1. The van der Waals surface area contributed by atoms with Gasteiger partial charge in [-0.1, -0.05) is 0 Å². The summed E-state index contributed by atoms with van der Waals surface area (Å²) in [5.74, 6) is 0.310. The maximum absolute atomic E-state index is 11.9. The van der Waals surface area contributed by atoms with Crippen molar-refractivity contribution >= 4 is 29.2 Å². The Balaban J connectivity index is 1.55. The Hall–Kier alpha value is -5.00. The van der Waals surface area contributed by atoms with Crippen molar-refractivity contribution in [2.24, 2.45) is 10.4 Å². The average molecular weight is 465 g/mol. The van der Waals surface area contributed by atoms with Crippen LogP contribution in [0.1, 0.15) is 5.56 Å². The minimum Gasteiger partial charge on any atom is -0.507 e. The Kier molecular flexibility index (Phi) is 7.68. The molecule has 0 aromatic heterocycles. The first-order valence-electron chi connectivity index (χ1n) is 9.71. The van der Waals surface area contributed by atoms with Crippen LogP contribution in [0.3, 0.4) is 0 Å². The van der Waals surface area contributed by atoms with Crippen molar-refractivity contribution in [2.45, 2.75) is 0 Å². The number of ether oxygens (including phenoxy) is 2. The number of hydrazone groups is 1. The van der Waals surface area contributed by atoms with E-state index in [1.54, 1.807) is 24.3 Å². The number of phenols is 1. The van der Waals surface area contributed by atoms with Crippen LogP contribution in [-0.4, -0.2) is 35.9 Å². The maximum atomic E-state index is 11.9. The van der Waals surface area contributed by atoms with E-state index in [0.29, 0.717) is 28.4 Å². The van der Waals surface area contributed by atoms with Crippen LogP contribution >= 0.6 is 0 Å². The van der Waals surface area contributed by atoms with Crippen LogP contribution in [0, 0.1) is 15.0 Å². The molecule has 12 heteroatoms. The van der Waals surface area contributed by atoms with E-state index in [0.717, 1.165) is 5.01 Å². The number of hydrogen-bond donors (Lipinski definition) is 2. The summed E-state index contributed by atoms with van der Waals surface area (Å²) in [6, 6.07) is 16.1. The molecule has 0 atom stereocenters. The van der Waals surface area contributed by atoms with E-state index in [1.807, 2.05) is 0 Å². The second-order valence-corrected chi connectivity index (χ2v) is 6.67. The van der Waals surface area contributed by atoms with Crippen LogP contribution in [0.5, 0.6) is 17.2 Å². The number of nitro groups is 1. The predicted octanol–water partition coefficient (Wildman–Crippen LogP) is 3.66. The fourth-order valence-electron chi connectivity index (χ4n) is 2.76. The summed E-state index contributed by atoms with van der Waals surface area (Å²) in [5, 5.41) is 28.3. The number of aromatic hydroxyl groups is 1. The number of carbonyl (C=O) groups excluding carboxylic acids is 1. The van der Waals surface area contributed by atoms with Crippen LogP contribution in [0.2, 0.25) is 0 Å². The predicted molar refractivity (Wildman–Crippen MR) is 123 cm³/mol. The lowest BCUT2D eigenvalue weighted by molar-refractivity contribution is -0.384. The van der Waals surface area contributed by atoms with Crippen LogP contribution in [-0.2, 0) is 4.79 Å². The topological polar surface area (TPSA) is 156 Å². The molecular formula is C22H19N5O7. The van der Waals surface area contributed by atoms with Crippen molar-refractivity contribution in [3.05, 3.63) is 87.3 Å². The first kappa shape index (κ1) is 23.7. The summed E-state index contributed by atoms with van der Waals surface area (Å²) >= 11 is 0. The standard InChI is InChI=1S/C22H19N5O7/c1-33-20-10-11-21(28)15(12-20)13-23-24-22(29)14-34-19-8-6-17(7-9-19)26(25-30)16-2-4-18(5-3-16)27(31)32/h2-13,28H,14H2,1H3,(H,24,29)/b23-13+. The molecule has 0 heterocycles. The Bertz CT molecular complexity index is 1200. The maximum Gasteiger partial charge on any atom is 0.277 e. The summed E-state index contributed by atoms with van der Waals surface area (Å²) in [6.45, 7) is -0.335. The third-order valence-electron chi connectivity index (χ3n) is 4.47. The number of non-ortho nitro benzene ring substituents is 1. The highest BCUT2D eigenvalue weighted by molar-refractivity contribution is 5.86. The average Bonchev–Trinajstić information content (AvgIpc) is 2.85. The van der Waals surface area contributed by atoms with E-state index in [-0.39, 0.29) is 18.0 Å². The van der Waals surface area contributed by atoms with Gasteiger partial charge in [-0.15, -0.1) is 4.91 Å². The number of amides is 1. The lowest BCUT2D eigenvalue weighted by Gasteiger charge is -2.15. The highest BCUT2D eigenvalue weighted by atomic mass is 16.6. The number of phenolic OH excluding ortho intramolecular Hbond substituents is 1. The minimum absolute atomic E-state index is 0.0253. The number of nitrogens with zero attached hydrogens (tertiary/aromatic N) is 4. The molecule has 3 rings (SSSR count). The van der Waals surface area contributed by atoms with Crippen LogP contribution in [0.4, 0.5) is 17.1 Å². The lowest BCUT2D eigenvalue weighted by Crippen LogP contribution is -2.24. The molecule has 2 N–H and O–H groups in total. The molecule has 0 aliphatic carbocycles. The third-order valence-corrected chi connectivity index (χ3v) is 4.47. The van der Waals surface area contributed by atoms with Gasteiger partial charge in [-0.2, -0.15) is 10.1 Å². The van der Waals surface area contributed by atoms with Gasteiger partial charge in [0.15, 0.2) is 6.61 Å². The number of nitrogens with one attached hydrogen (secondary N) is 1. The van der Waals surface area contributed by atoms with Gasteiger partial charge < -0.3 is 14.6 Å². The van der Waals surface area contributed by atoms with Gasteiger partial charge in [-0.05, 0) is 54.6 Å². The molecule has 0 saturated carbocycles. The summed E-state index contributed by atoms with van der Waals surface area (Å²) < 4.78 is 10.5. The number of hydrogen-bond acceptors (Lipinski definition) is 9. The minimum atomic E-state index is -0.543. The fraction of sp³-hybridized carbons (Fsp3) is 0.0909. The van der Waals surface area contributed by atoms with Gasteiger partial charge in [0.05, 0.1) is 34.9 Å². The Morgan fingerprint density at radius 1 is 1.09 bits per heavy atom. The molecule has 0 unspecified atom stereocenters. The third kappa shape index (κ3) is 6.03. The number of nitroso groups, excluding NO2 is 1. The van der Waals surface area contributed by atoms with E-state index in [2.05, 4.69) is 15.8 Å². The first-order valence-corrected chi connectivity index (χ1v) is 9.71. The molecular weight excluding hydrogens is 446 g/mol. The Morgan fingerprint density at radius 2 is 1.71 bits per heavy atom. The SMILES string of the molecule is COc1ccc(O)c(/C=N/NC(=O)COc2ccc(N(N=O)c3ccc([N+](=O)[O-])cc3)cc2)c1. The first-order chi connectivity index (χ1) is 16.4. The van der Waals surface area contributed by atoms with Gasteiger partial charge in [0, 0.05) is 17.7 Å². The zero-order valence-corrected chi connectivity index (χ0v) is 17.8. The second-order valence-electron chi connectivity index (χ2n) is 6.67. The van der Waals surface area contributed by atoms with Gasteiger partial charge in [0.1, 0.15) is 17.2 Å². The van der Waals surface area contributed by atoms with Crippen molar-refractivity contribution in [3.63, 3.8) is 0 Å². The zero-order chi connectivity index (χ0) is 24.5. The second kappa shape index (κ2) is 11.0. The summed E-state index contributed by atoms with van der Waals surface area (Å²) in [4.78, 5) is 33.5. The van der Waals surface area contributed by atoms with E-state index in [4.69, 9.17) is 9.47 Å². The summed E-state index contributed by atoms with van der Waals surface area (Å²) in [7, 11) is 1.49. The van der Waals surface area contributed by atoms with Crippen LogP contribution in [0.15, 0.2) is 77.1 Å². The van der Waals surface area contributed by atoms with Crippen molar-refractivity contribution in [3.8, 4) is 17.2 Å². The normalized spacial score (nSPS) is 10.5. The number of carbonyl (C=O) groups is 1. The van der Waals surface area contributed by atoms with Crippen molar-refractivity contribution in [2.75, 3.05) is 18.7 Å². The van der Waals surface area contributed by atoms with E-state index >= 15 is 0 Å². The number of benzene rings is 3. The van der Waals surface area contributed by atoms with Crippen molar-refractivity contribution < 1.29 is 24.3 Å². The monoisotopic (exact) mass is 465 g/mol. The quantitative estimate of drug-likeness (QED) is 0.199. The Morgan fingerprint density at radius 3 is 2.29 bits per heavy atom. The molecule has 0 aliphatic heterocycles. The van der Waals surface area contributed by atoms with Crippen molar-refractivity contribution in [1.29, 1.82) is 0 Å². The van der Waals surface area contributed by atoms with Gasteiger partial charge >= 0.3 is 0 Å². The molecule has 0 aliphatic rings. The lowest BCUT2D eigenvalue weighted by atomic mass is 10.2. The van der Waals surface area contributed by atoms with Crippen molar-refractivity contribution in [1.82, 2.24) is 5.43 Å². The molecule has 12 nitrogen and oxygen atoms in total. The molecule has 174 valence electrons. The zero-order valence-electron chi connectivity index (χ0n) is 17.8. The van der Waals surface area contributed by atoms with Gasteiger partial charge in [0.2, 0.25) is 0 Å². The largest absolute Gasteiger partial charge is 0.507 e. The number of anilines is 2. The van der Waals surface area contributed by atoms with Crippen LogP contribution < -0.4 is 19.9 Å². The molecule has 0 radical (unpaired) electrons. The number of rotatable bonds is 10. The molecule has 3 aromatic rings. The molecule has 0 spiro atoms. The van der Waals surface area contributed by atoms with Gasteiger partial charge in [-0.25, -0.2) is 5.43 Å². The molecule has 0 bridgehead atoms. The van der Waals surface area contributed by atoms with E-state index < -0.39 is 10.8 Å². The fourth-order valence-corrected chi connectivity index (χ4v) is 2.76. The van der Waals surface area contributed by atoms with Gasteiger partial charge in [0.25, 0.3) is 11.6 Å². The molecule has 0 saturated heterocycles. The molecule has 34 heavy (non-hydrogen) atoms. The summed E-state index contributed by atoms with van der Waals surface area (Å²) in [6.07, 6.45) is 1.27. The summed E-state index contributed by atoms with van der Waals surface area (Å²) in [5.41, 5.74) is 3.26. The molecule has 0 fully saturated rings. The van der Waals surface area contributed by atoms with E-state index in [9.17, 15) is 24.9 Å². The van der Waals surface area contributed by atoms with E-state index in [1.165, 1.54) is 55.8 Å². The Labute approximate surface area is 193 Å². The number of methoxy groups -OCH3 is 1. The highest BCUT2D eigenvalue weighted by Gasteiger charge is 2.13. The smallest absolute Gasteiger partial charge is 0.277 e. The highest BCUT2D eigenvalue weighted by Crippen LogP contribution is 2.29.